The number of nitro groups is 1. The van der Waals surface area contributed by atoms with Crippen molar-refractivity contribution in [3.05, 3.63) is 52.6 Å². The molecule has 0 atom stereocenters. The topological polar surface area (TPSA) is 61.0 Å². The third-order valence-corrected chi connectivity index (χ3v) is 1.88. The Hall–Kier alpha value is -2.24. The molecule has 5 nitrogen and oxygen atoms in total. The van der Waals surface area contributed by atoms with Gasteiger partial charge < -0.3 is 0 Å². The second-order valence-electron chi connectivity index (χ2n) is 2.88. The molecule has 76 valence electrons. The average Bonchev–Trinajstić information content (AvgIpc) is 2.65. The standard InChI is InChI=1S/C9H6FN3O2/c10-7-5-11-12(6-7)8-1-3-9(4-2-8)13(14)15/h1-6H. The molecule has 1 heterocycles. The van der Waals surface area contributed by atoms with E-state index in [1.807, 2.05) is 0 Å². The van der Waals surface area contributed by atoms with Crippen molar-refractivity contribution in [1.82, 2.24) is 9.78 Å². The maximum Gasteiger partial charge on any atom is 0.269 e. The summed E-state index contributed by atoms with van der Waals surface area (Å²) in [6, 6.07) is 5.69. The zero-order chi connectivity index (χ0) is 10.8. The van der Waals surface area contributed by atoms with Gasteiger partial charge in [0.1, 0.15) is 0 Å². The third-order valence-electron chi connectivity index (χ3n) is 1.88. The molecule has 15 heavy (non-hydrogen) atoms. The van der Waals surface area contributed by atoms with Gasteiger partial charge in [0.15, 0.2) is 5.82 Å². The molecule has 0 unspecified atom stereocenters. The van der Waals surface area contributed by atoms with Gasteiger partial charge in [0, 0.05) is 12.1 Å². The van der Waals surface area contributed by atoms with E-state index >= 15 is 0 Å². The fraction of sp³-hybridized carbons (Fsp3) is 0. The number of hydrogen-bond donors (Lipinski definition) is 0. The summed E-state index contributed by atoms with van der Waals surface area (Å²) >= 11 is 0. The van der Waals surface area contributed by atoms with Crippen LogP contribution in [0.15, 0.2) is 36.7 Å². The van der Waals surface area contributed by atoms with Crippen molar-refractivity contribution in [2.75, 3.05) is 0 Å². The van der Waals surface area contributed by atoms with Crippen molar-refractivity contribution in [3.8, 4) is 5.69 Å². The highest BCUT2D eigenvalue weighted by molar-refractivity contribution is 5.40. The van der Waals surface area contributed by atoms with E-state index in [-0.39, 0.29) is 5.69 Å². The minimum Gasteiger partial charge on any atom is -0.258 e. The Balaban J connectivity index is 2.35. The summed E-state index contributed by atoms with van der Waals surface area (Å²) in [6.07, 6.45) is 2.27. The molecule has 2 aromatic rings. The van der Waals surface area contributed by atoms with Gasteiger partial charge in [0.25, 0.3) is 5.69 Å². The summed E-state index contributed by atoms with van der Waals surface area (Å²) in [5.41, 5.74) is 0.566. The molecule has 0 amide bonds. The minimum absolute atomic E-state index is 0.00798. The molecule has 0 aliphatic heterocycles. The summed E-state index contributed by atoms with van der Waals surface area (Å²) in [6.45, 7) is 0. The number of halogens is 1. The summed E-state index contributed by atoms with van der Waals surface area (Å²) in [4.78, 5) is 9.88. The zero-order valence-electron chi connectivity index (χ0n) is 7.50. The van der Waals surface area contributed by atoms with Crippen molar-refractivity contribution in [1.29, 1.82) is 0 Å². The van der Waals surface area contributed by atoms with E-state index in [0.717, 1.165) is 6.20 Å². The first-order chi connectivity index (χ1) is 7.16. The van der Waals surface area contributed by atoms with E-state index in [0.29, 0.717) is 5.69 Å². The van der Waals surface area contributed by atoms with E-state index in [1.165, 1.54) is 35.1 Å². The van der Waals surface area contributed by atoms with Crippen LogP contribution >= 0.6 is 0 Å². The zero-order valence-corrected chi connectivity index (χ0v) is 7.50. The smallest absolute Gasteiger partial charge is 0.258 e. The van der Waals surface area contributed by atoms with Crippen molar-refractivity contribution >= 4 is 5.69 Å². The van der Waals surface area contributed by atoms with Gasteiger partial charge in [-0.15, -0.1) is 0 Å². The van der Waals surface area contributed by atoms with Crippen LogP contribution in [0.4, 0.5) is 10.1 Å². The second-order valence-corrected chi connectivity index (χ2v) is 2.88. The number of aromatic nitrogens is 2. The molecule has 0 aliphatic carbocycles. The summed E-state index contributed by atoms with van der Waals surface area (Å²) in [5.74, 6) is -0.451. The van der Waals surface area contributed by atoms with Gasteiger partial charge in [0.05, 0.1) is 23.0 Å². The molecule has 0 saturated heterocycles. The molecule has 1 aromatic heterocycles. The maximum atomic E-state index is 12.6. The molecule has 0 aliphatic rings. The van der Waals surface area contributed by atoms with Gasteiger partial charge in [-0.3, -0.25) is 10.1 Å². The van der Waals surface area contributed by atoms with Gasteiger partial charge in [-0.1, -0.05) is 0 Å². The first-order valence-corrected chi connectivity index (χ1v) is 4.12. The number of hydrogen-bond acceptors (Lipinski definition) is 3. The average molecular weight is 207 g/mol. The van der Waals surface area contributed by atoms with Crippen LogP contribution in [0.1, 0.15) is 0 Å². The molecule has 0 fully saturated rings. The molecular weight excluding hydrogens is 201 g/mol. The Bertz CT molecular complexity index is 492. The molecule has 2 rings (SSSR count). The predicted octanol–water partition coefficient (Wildman–Crippen LogP) is 1.92. The fourth-order valence-electron chi connectivity index (χ4n) is 1.17. The molecule has 6 heteroatoms. The van der Waals surface area contributed by atoms with Crippen molar-refractivity contribution in [2.45, 2.75) is 0 Å². The molecule has 0 spiro atoms. The van der Waals surface area contributed by atoms with Gasteiger partial charge in [-0.25, -0.2) is 9.07 Å². The lowest BCUT2D eigenvalue weighted by Crippen LogP contribution is -1.94. The Morgan fingerprint density at radius 3 is 2.47 bits per heavy atom. The van der Waals surface area contributed by atoms with Gasteiger partial charge in [0.2, 0.25) is 0 Å². The molecule has 0 bridgehead atoms. The molecule has 0 N–H and O–H groups in total. The lowest BCUT2D eigenvalue weighted by atomic mass is 10.3. The third kappa shape index (κ3) is 1.83. The normalized spacial score (nSPS) is 10.2. The van der Waals surface area contributed by atoms with Crippen LogP contribution in [0.2, 0.25) is 0 Å². The highest BCUT2D eigenvalue weighted by Crippen LogP contribution is 2.14. The lowest BCUT2D eigenvalue weighted by molar-refractivity contribution is -0.384. The Kier molecular flexibility index (Phi) is 2.17. The molecule has 0 saturated carbocycles. The van der Waals surface area contributed by atoms with Crippen LogP contribution < -0.4 is 0 Å². The number of non-ortho nitro benzene ring substituents is 1. The summed E-state index contributed by atoms with van der Waals surface area (Å²) in [5, 5.41) is 14.1. The second kappa shape index (κ2) is 3.49. The SMILES string of the molecule is O=[N+]([O-])c1ccc(-n2cc(F)cn2)cc1. The van der Waals surface area contributed by atoms with Crippen LogP contribution in [-0.2, 0) is 0 Å². The number of nitro benzene ring substituents is 1. The fourth-order valence-corrected chi connectivity index (χ4v) is 1.17. The molecule has 0 radical (unpaired) electrons. The monoisotopic (exact) mass is 207 g/mol. The Labute approximate surface area is 83.9 Å². The largest absolute Gasteiger partial charge is 0.269 e. The predicted molar refractivity (Wildman–Crippen MR) is 50.2 cm³/mol. The molecule has 1 aromatic carbocycles. The van der Waals surface area contributed by atoms with Crippen LogP contribution in [0, 0.1) is 15.9 Å². The summed E-state index contributed by atoms with van der Waals surface area (Å²) in [7, 11) is 0. The van der Waals surface area contributed by atoms with E-state index in [4.69, 9.17) is 0 Å². The van der Waals surface area contributed by atoms with Gasteiger partial charge in [-0.05, 0) is 12.1 Å². The maximum absolute atomic E-state index is 12.6. The first kappa shape index (κ1) is 9.32. The van der Waals surface area contributed by atoms with E-state index in [2.05, 4.69) is 5.10 Å². The minimum atomic E-state index is -0.493. The molecular formula is C9H6FN3O2. The van der Waals surface area contributed by atoms with Crippen molar-refractivity contribution < 1.29 is 9.31 Å². The number of rotatable bonds is 2. The van der Waals surface area contributed by atoms with Gasteiger partial charge >= 0.3 is 0 Å². The van der Waals surface area contributed by atoms with Crippen LogP contribution in [0.5, 0.6) is 0 Å². The van der Waals surface area contributed by atoms with Crippen molar-refractivity contribution in [2.24, 2.45) is 0 Å². The van der Waals surface area contributed by atoms with Crippen LogP contribution in [-0.4, -0.2) is 14.7 Å². The Morgan fingerprint density at radius 1 is 1.33 bits per heavy atom. The van der Waals surface area contributed by atoms with E-state index < -0.39 is 10.7 Å². The number of nitrogens with zero attached hydrogens (tertiary/aromatic N) is 3. The van der Waals surface area contributed by atoms with Crippen LogP contribution in [0.25, 0.3) is 5.69 Å². The highest BCUT2D eigenvalue weighted by Gasteiger charge is 2.05. The lowest BCUT2D eigenvalue weighted by Gasteiger charge is -1.99. The first-order valence-electron chi connectivity index (χ1n) is 4.12. The quantitative estimate of drug-likeness (QED) is 0.558. The van der Waals surface area contributed by atoms with E-state index in [1.54, 1.807) is 0 Å². The van der Waals surface area contributed by atoms with E-state index in [9.17, 15) is 14.5 Å². The summed E-state index contributed by atoms with van der Waals surface area (Å²) < 4.78 is 13.9. The van der Waals surface area contributed by atoms with Gasteiger partial charge in [-0.2, -0.15) is 5.10 Å². The highest BCUT2D eigenvalue weighted by atomic mass is 19.1. The van der Waals surface area contributed by atoms with Crippen molar-refractivity contribution in [3.63, 3.8) is 0 Å². The van der Waals surface area contributed by atoms with Crippen LogP contribution in [0.3, 0.4) is 0 Å². The Morgan fingerprint density at radius 2 is 2.00 bits per heavy atom. The number of benzene rings is 1.